The molecule has 1 atom stereocenters. The third kappa shape index (κ3) is 5.44. The third-order valence-corrected chi connectivity index (χ3v) is 7.04. The molecular weight excluding hydrogens is 402 g/mol. The zero-order chi connectivity index (χ0) is 22.5. The number of likely N-dealkylation sites (N-methyl/N-ethyl adjacent to an activating group) is 1. The van der Waals surface area contributed by atoms with E-state index in [4.69, 9.17) is 4.98 Å². The molecule has 0 saturated carbocycles. The first-order chi connectivity index (χ1) is 15.5. The van der Waals surface area contributed by atoms with E-state index in [1.807, 2.05) is 34.7 Å². The van der Waals surface area contributed by atoms with E-state index >= 15 is 0 Å². The number of carbonyl (C=O) groups is 1. The van der Waals surface area contributed by atoms with Gasteiger partial charge in [-0.3, -0.25) is 24.0 Å². The maximum Gasteiger partial charge on any atom is 0.253 e. The monoisotopic (exact) mass is 437 g/mol. The number of aryl methyl sites for hydroxylation is 1. The van der Waals surface area contributed by atoms with E-state index in [1.54, 1.807) is 12.3 Å². The Labute approximate surface area is 190 Å². The molecule has 172 valence electrons. The Hall–Kier alpha value is -2.54. The summed E-state index contributed by atoms with van der Waals surface area (Å²) in [4.78, 5) is 38.8. The summed E-state index contributed by atoms with van der Waals surface area (Å²) in [5, 5.41) is 0. The zero-order valence-electron chi connectivity index (χ0n) is 19.4. The van der Waals surface area contributed by atoms with E-state index in [1.165, 1.54) is 6.42 Å². The van der Waals surface area contributed by atoms with E-state index in [0.717, 1.165) is 75.4 Å². The van der Waals surface area contributed by atoms with Crippen molar-refractivity contribution in [3.63, 3.8) is 0 Å². The Morgan fingerprint density at radius 2 is 2.00 bits per heavy atom. The molecule has 2 aromatic rings. The minimum atomic E-state index is 0.103. The number of hydrogen-bond donors (Lipinski definition) is 0. The van der Waals surface area contributed by atoms with Crippen LogP contribution in [0.5, 0.6) is 0 Å². The van der Waals surface area contributed by atoms with Crippen LogP contribution in [0, 0.1) is 0 Å². The van der Waals surface area contributed by atoms with Gasteiger partial charge >= 0.3 is 0 Å². The fourth-order valence-corrected chi connectivity index (χ4v) is 4.84. The highest BCUT2D eigenvalue weighted by atomic mass is 16.2. The molecule has 4 rings (SSSR count). The van der Waals surface area contributed by atoms with Gasteiger partial charge in [-0.05, 0) is 57.8 Å². The highest BCUT2D eigenvalue weighted by Crippen LogP contribution is 2.27. The Morgan fingerprint density at radius 1 is 1.19 bits per heavy atom. The number of nitrogens with zero attached hydrogens (tertiary/aromatic N) is 5. The molecule has 2 aliphatic rings. The molecule has 2 aliphatic heterocycles. The summed E-state index contributed by atoms with van der Waals surface area (Å²) in [6.45, 7) is 5.03. The highest BCUT2D eigenvalue weighted by Gasteiger charge is 2.26. The average Bonchev–Trinajstić information content (AvgIpc) is 3.05. The van der Waals surface area contributed by atoms with Gasteiger partial charge < -0.3 is 4.90 Å². The standard InChI is InChI=1S/C25H35N5O2/c1-19(16-21-8-5-6-12-26-21)28(2)25(32)18-29-14-10-20(11-15-29)22-17-24(31)30-13-7-3-4-9-23(30)27-22/h5-6,8,12,17,19-20H,3-4,7,9-11,13-16,18H2,1-2H3/t19-/m1/s1. The number of piperidine rings is 1. The van der Waals surface area contributed by atoms with Gasteiger partial charge in [0.25, 0.3) is 5.56 Å². The van der Waals surface area contributed by atoms with Gasteiger partial charge in [0, 0.05) is 56.4 Å². The minimum Gasteiger partial charge on any atom is -0.342 e. The molecule has 0 unspecified atom stereocenters. The molecule has 0 bridgehead atoms. The van der Waals surface area contributed by atoms with E-state index < -0.39 is 0 Å². The fraction of sp³-hybridized carbons (Fsp3) is 0.600. The molecule has 2 aromatic heterocycles. The van der Waals surface area contributed by atoms with Crippen LogP contribution < -0.4 is 5.56 Å². The molecule has 4 heterocycles. The number of hydrogen-bond acceptors (Lipinski definition) is 5. The van der Waals surface area contributed by atoms with Gasteiger partial charge in [-0.1, -0.05) is 12.5 Å². The normalized spacial score (nSPS) is 18.6. The van der Waals surface area contributed by atoms with Crippen LogP contribution in [-0.4, -0.2) is 63.0 Å². The van der Waals surface area contributed by atoms with Crippen molar-refractivity contribution in [3.05, 3.63) is 58.0 Å². The molecule has 7 nitrogen and oxygen atoms in total. The molecule has 0 aromatic carbocycles. The number of pyridine rings is 1. The lowest BCUT2D eigenvalue weighted by Crippen LogP contribution is -2.45. The Bertz CT molecular complexity index is 966. The van der Waals surface area contributed by atoms with Crippen LogP contribution in [0.4, 0.5) is 0 Å². The second kappa shape index (κ2) is 10.4. The second-order valence-corrected chi connectivity index (χ2v) is 9.33. The maximum absolute atomic E-state index is 12.8. The Morgan fingerprint density at radius 3 is 2.75 bits per heavy atom. The summed E-state index contributed by atoms with van der Waals surface area (Å²) in [5.41, 5.74) is 2.06. The number of fused-ring (bicyclic) bond motifs is 1. The van der Waals surface area contributed by atoms with Gasteiger partial charge in [0.2, 0.25) is 5.91 Å². The van der Waals surface area contributed by atoms with Gasteiger partial charge in [0.15, 0.2) is 0 Å². The SMILES string of the molecule is C[C@H](Cc1ccccn1)N(C)C(=O)CN1CCC(c2cc(=O)n3c(n2)CCCCC3)CC1. The predicted molar refractivity (Wildman–Crippen MR) is 125 cm³/mol. The highest BCUT2D eigenvalue weighted by molar-refractivity contribution is 5.78. The van der Waals surface area contributed by atoms with Crippen molar-refractivity contribution in [2.45, 2.75) is 70.4 Å². The lowest BCUT2D eigenvalue weighted by molar-refractivity contribution is -0.133. The summed E-state index contributed by atoms with van der Waals surface area (Å²) in [6.07, 6.45) is 8.68. The third-order valence-electron chi connectivity index (χ3n) is 7.04. The van der Waals surface area contributed by atoms with Crippen molar-refractivity contribution in [1.29, 1.82) is 0 Å². The molecule has 0 aliphatic carbocycles. The van der Waals surface area contributed by atoms with Crippen LogP contribution >= 0.6 is 0 Å². The summed E-state index contributed by atoms with van der Waals surface area (Å²) in [6, 6.07) is 7.75. The number of aromatic nitrogens is 3. The molecule has 0 spiro atoms. The Kier molecular flexibility index (Phi) is 7.35. The van der Waals surface area contributed by atoms with E-state index in [0.29, 0.717) is 12.5 Å². The molecule has 32 heavy (non-hydrogen) atoms. The molecule has 1 fully saturated rings. The smallest absolute Gasteiger partial charge is 0.253 e. The van der Waals surface area contributed by atoms with E-state index in [9.17, 15) is 9.59 Å². The van der Waals surface area contributed by atoms with Crippen molar-refractivity contribution < 1.29 is 4.79 Å². The topological polar surface area (TPSA) is 71.3 Å². The first-order valence-corrected chi connectivity index (χ1v) is 12.0. The van der Waals surface area contributed by atoms with Crippen LogP contribution in [0.3, 0.4) is 0 Å². The first kappa shape index (κ1) is 22.6. The summed E-state index contributed by atoms with van der Waals surface area (Å²) in [5.74, 6) is 1.42. The largest absolute Gasteiger partial charge is 0.342 e. The minimum absolute atomic E-state index is 0.103. The number of rotatable bonds is 6. The molecule has 1 saturated heterocycles. The molecule has 0 N–H and O–H groups in total. The van der Waals surface area contributed by atoms with Crippen molar-refractivity contribution in [2.24, 2.45) is 0 Å². The van der Waals surface area contributed by atoms with E-state index in [2.05, 4.69) is 16.8 Å². The summed E-state index contributed by atoms with van der Waals surface area (Å²) < 4.78 is 1.87. The van der Waals surface area contributed by atoms with E-state index in [-0.39, 0.29) is 17.5 Å². The van der Waals surface area contributed by atoms with Crippen molar-refractivity contribution in [1.82, 2.24) is 24.3 Å². The summed E-state index contributed by atoms with van der Waals surface area (Å²) >= 11 is 0. The summed E-state index contributed by atoms with van der Waals surface area (Å²) in [7, 11) is 1.88. The molecule has 7 heteroatoms. The van der Waals surface area contributed by atoms with Crippen LogP contribution in [0.2, 0.25) is 0 Å². The van der Waals surface area contributed by atoms with Crippen molar-refractivity contribution >= 4 is 5.91 Å². The van der Waals surface area contributed by atoms with Crippen LogP contribution in [0.25, 0.3) is 0 Å². The van der Waals surface area contributed by atoms with Gasteiger partial charge in [-0.15, -0.1) is 0 Å². The van der Waals surface area contributed by atoms with Gasteiger partial charge in [-0.25, -0.2) is 4.98 Å². The number of amides is 1. The fourth-order valence-electron chi connectivity index (χ4n) is 4.84. The van der Waals surface area contributed by atoms with Crippen LogP contribution in [0.1, 0.15) is 62.2 Å². The Balaban J connectivity index is 1.30. The first-order valence-electron chi connectivity index (χ1n) is 12.0. The van der Waals surface area contributed by atoms with Crippen molar-refractivity contribution in [3.8, 4) is 0 Å². The number of carbonyl (C=O) groups excluding carboxylic acids is 1. The number of likely N-dealkylation sites (tertiary alicyclic amines) is 1. The van der Waals surface area contributed by atoms with Gasteiger partial charge in [-0.2, -0.15) is 0 Å². The van der Waals surface area contributed by atoms with Gasteiger partial charge in [0.05, 0.1) is 12.2 Å². The molecule has 1 amide bonds. The predicted octanol–water partition coefficient (Wildman–Crippen LogP) is 2.63. The average molecular weight is 438 g/mol. The lowest BCUT2D eigenvalue weighted by atomic mass is 9.93. The zero-order valence-corrected chi connectivity index (χ0v) is 19.4. The maximum atomic E-state index is 12.8. The van der Waals surface area contributed by atoms with Crippen molar-refractivity contribution in [2.75, 3.05) is 26.7 Å². The lowest BCUT2D eigenvalue weighted by Gasteiger charge is -2.33. The molecule has 0 radical (unpaired) electrons. The van der Waals surface area contributed by atoms with Crippen LogP contribution in [0.15, 0.2) is 35.3 Å². The van der Waals surface area contributed by atoms with Crippen LogP contribution in [-0.2, 0) is 24.2 Å². The second-order valence-electron chi connectivity index (χ2n) is 9.33. The molecular formula is C25H35N5O2. The quantitative estimate of drug-likeness (QED) is 0.695. The van der Waals surface area contributed by atoms with Gasteiger partial charge in [0.1, 0.15) is 5.82 Å².